The Labute approximate surface area is 133 Å². The fourth-order valence-corrected chi connectivity index (χ4v) is 2.10. The molecule has 2 rings (SSSR count). The number of anilines is 1. The number of rotatable bonds is 5. The van der Waals surface area contributed by atoms with E-state index in [1.165, 1.54) is 18.2 Å². The second-order valence-corrected chi connectivity index (χ2v) is 5.04. The Kier molecular flexibility index (Phi) is 5.01. The Balaban J connectivity index is 2.11. The second-order valence-electron chi connectivity index (χ2n) is 4.64. The van der Waals surface area contributed by atoms with Crippen LogP contribution in [-0.4, -0.2) is 18.9 Å². The van der Waals surface area contributed by atoms with Gasteiger partial charge in [-0.15, -0.1) is 0 Å². The predicted molar refractivity (Wildman–Crippen MR) is 85.3 cm³/mol. The summed E-state index contributed by atoms with van der Waals surface area (Å²) in [5.74, 6) is -0.157. The molecule has 0 fully saturated rings. The van der Waals surface area contributed by atoms with E-state index < -0.39 is 5.91 Å². The highest BCUT2D eigenvalue weighted by Crippen LogP contribution is 2.23. The Morgan fingerprint density at radius 3 is 2.68 bits per heavy atom. The molecule has 22 heavy (non-hydrogen) atoms. The summed E-state index contributed by atoms with van der Waals surface area (Å²) in [5, 5.41) is 3.01. The number of carbonyl (C=O) groups is 2. The molecule has 0 heterocycles. The lowest BCUT2D eigenvalue weighted by Crippen LogP contribution is -2.16. The van der Waals surface area contributed by atoms with Crippen molar-refractivity contribution in [3.8, 4) is 5.75 Å². The Hall–Kier alpha value is -2.53. The molecule has 0 atom stereocenters. The summed E-state index contributed by atoms with van der Waals surface area (Å²) < 4.78 is 5.11. The van der Waals surface area contributed by atoms with Gasteiger partial charge < -0.3 is 15.8 Å². The van der Waals surface area contributed by atoms with Gasteiger partial charge in [0.2, 0.25) is 11.8 Å². The summed E-state index contributed by atoms with van der Waals surface area (Å²) in [4.78, 5) is 23.3. The molecule has 0 saturated carbocycles. The minimum Gasteiger partial charge on any atom is -0.497 e. The van der Waals surface area contributed by atoms with Gasteiger partial charge in [0, 0.05) is 5.56 Å². The molecule has 0 aliphatic carbocycles. The van der Waals surface area contributed by atoms with Crippen molar-refractivity contribution < 1.29 is 14.3 Å². The van der Waals surface area contributed by atoms with Crippen molar-refractivity contribution in [1.29, 1.82) is 0 Å². The molecule has 0 aromatic heterocycles. The third kappa shape index (κ3) is 3.99. The minimum absolute atomic E-state index is 0.161. The first-order chi connectivity index (χ1) is 10.5. The van der Waals surface area contributed by atoms with Gasteiger partial charge in [0.25, 0.3) is 0 Å². The van der Waals surface area contributed by atoms with Crippen LogP contribution in [0.1, 0.15) is 15.9 Å². The third-order valence-electron chi connectivity index (χ3n) is 3.02. The van der Waals surface area contributed by atoms with Gasteiger partial charge in [-0.2, -0.15) is 0 Å². The zero-order valence-electron chi connectivity index (χ0n) is 11.9. The molecule has 0 spiro atoms. The van der Waals surface area contributed by atoms with E-state index in [1.807, 2.05) is 12.1 Å². The van der Waals surface area contributed by atoms with Crippen LogP contribution in [0, 0.1) is 0 Å². The van der Waals surface area contributed by atoms with E-state index in [2.05, 4.69) is 5.32 Å². The van der Waals surface area contributed by atoms with Crippen LogP contribution in [0.15, 0.2) is 42.5 Å². The largest absolute Gasteiger partial charge is 0.497 e. The maximum Gasteiger partial charge on any atom is 0.248 e. The first-order valence-corrected chi connectivity index (χ1v) is 6.89. The molecule has 3 N–H and O–H groups in total. The van der Waals surface area contributed by atoms with E-state index in [0.29, 0.717) is 16.5 Å². The number of nitrogens with one attached hydrogen (secondary N) is 1. The molecule has 0 aliphatic heterocycles. The van der Waals surface area contributed by atoms with Gasteiger partial charge >= 0.3 is 0 Å². The monoisotopic (exact) mass is 318 g/mol. The van der Waals surface area contributed by atoms with Gasteiger partial charge in [-0.3, -0.25) is 9.59 Å². The fraction of sp³-hybridized carbons (Fsp3) is 0.125. The van der Waals surface area contributed by atoms with Gasteiger partial charge in [-0.05, 0) is 35.9 Å². The number of nitrogens with two attached hydrogens (primary N) is 1. The Morgan fingerprint density at radius 2 is 2.00 bits per heavy atom. The number of primary amides is 1. The molecule has 0 aliphatic rings. The maximum absolute atomic E-state index is 12.1. The maximum atomic E-state index is 12.1. The third-order valence-corrected chi connectivity index (χ3v) is 3.35. The van der Waals surface area contributed by atoms with Gasteiger partial charge in [-0.1, -0.05) is 23.7 Å². The molecule has 0 radical (unpaired) electrons. The standard InChI is InChI=1S/C16H15ClN2O3/c1-22-12-4-2-3-10(7-12)8-15(20)19-14-9-11(16(18)21)5-6-13(14)17/h2-7,9H,8H2,1H3,(H2,18,21)(H,19,20). The van der Waals surface area contributed by atoms with E-state index in [9.17, 15) is 9.59 Å². The fourth-order valence-electron chi connectivity index (χ4n) is 1.94. The molecule has 2 aromatic carbocycles. The lowest BCUT2D eigenvalue weighted by atomic mass is 10.1. The molecular weight excluding hydrogens is 304 g/mol. The molecule has 5 nitrogen and oxygen atoms in total. The second kappa shape index (κ2) is 6.95. The topological polar surface area (TPSA) is 81.4 Å². The van der Waals surface area contributed by atoms with Gasteiger partial charge in [0.15, 0.2) is 0 Å². The Bertz CT molecular complexity index is 716. The summed E-state index contributed by atoms with van der Waals surface area (Å²) in [6.07, 6.45) is 0.161. The van der Waals surface area contributed by atoms with E-state index >= 15 is 0 Å². The highest BCUT2D eigenvalue weighted by Gasteiger charge is 2.10. The molecule has 6 heteroatoms. The molecule has 0 bridgehead atoms. The number of benzene rings is 2. The first-order valence-electron chi connectivity index (χ1n) is 6.51. The van der Waals surface area contributed by atoms with Crippen molar-refractivity contribution in [2.24, 2.45) is 5.73 Å². The van der Waals surface area contributed by atoms with Gasteiger partial charge in [0.05, 0.1) is 24.2 Å². The van der Waals surface area contributed by atoms with Crippen molar-refractivity contribution >= 4 is 29.1 Å². The lowest BCUT2D eigenvalue weighted by Gasteiger charge is -2.09. The van der Waals surface area contributed by atoms with E-state index in [1.54, 1.807) is 19.2 Å². The van der Waals surface area contributed by atoms with Crippen molar-refractivity contribution in [2.75, 3.05) is 12.4 Å². The van der Waals surface area contributed by atoms with Crippen LogP contribution in [0.3, 0.4) is 0 Å². The number of carbonyl (C=O) groups excluding carboxylic acids is 2. The number of ether oxygens (including phenoxy) is 1. The van der Waals surface area contributed by atoms with Crippen LogP contribution in [-0.2, 0) is 11.2 Å². The zero-order chi connectivity index (χ0) is 16.1. The number of amides is 2. The number of hydrogen-bond acceptors (Lipinski definition) is 3. The van der Waals surface area contributed by atoms with Crippen LogP contribution < -0.4 is 15.8 Å². The number of hydrogen-bond donors (Lipinski definition) is 2. The summed E-state index contributed by atoms with van der Waals surface area (Å²) in [7, 11) is 1.56. The highest BCUT2D eigenvalue weighted by atomic mass is 35.5. The number of methoxy groups -OCH3 is 1. The normalized spacial score (nSPS) is 10.1. The summed E-state index contributed by atoms with van der Waals surface area (Å²) >= 11 is 6.01. The lowest BCUT2D eigenvalue weighted by molar-refractivity contribution is -0.115. The summed E-state index contributed by atoms with van der Waals surface area (Å²) in [6, 6.07) is 11.7. The number of halogens is 1. The predicted octanol–water partition coefficient (Wildman–Crippen LogP) is 2.63. The van der Waals surface area contributed by atoms with Crippen molar-refractivity contribution in [1.82, 2.24) is 0 Å². The summed E-state index contributed by atoms with van der Waals surface area (Å²) in [6.45, 7) is 0. The molecule has 114 valence electrons. The van der Waals surface area contributed by atoms with E-state index in [0.717, 1.165) is 5.56 Å². The average Bonchev–Trinajstić information content (AvgIpc) is 2.49. The molecule has 2 amide bonds. The average molecular weight is 319 g/mol. The molecule has 0 saturated heterocycles. The van der Waals surface area contributed by atoms with Gasteiger partial charge in [0.1, 0.15) is 5.75 Å². The SMILES string of the molecule is COc1cccc(CC(=O)Nc2cc(C(N)=O)ccc2Cl)c1. The van der Waals surface area contributed by atoms with Crippen molar-refractivity contribution in [2.45, 2.75) is 6.42 Å². The van der Waals surface area contributed by atoms with Crippen molar-refractivity contribution in [3.05, 3.63) is 58.6 Å². The van der Waals surface area contributed by atoms with Crippen LogP contribution in [0.25, 0.3) is 0 Å². The molecule has 2 aromatic rings. The summed E-state index contributed by atoms with van der Waals surface area (Å²) in [5.41, 5.74) is 6.65. The minimum atomic E-state index is -0.583. The van der Waals surface area contributed by atoms with Crippen molar-refractivity contribution in [3.63, 3.8) is 0 Å². The molecular formula is C16H15ClN2O3. The van der Waals surface area contributed by atoms with E-state index in [-0.39, 0.29) is 17.9 Å². The van der Waals surface area contributed by atoms with Crippen LogP contribution in [0.5, 0.6) is 5.75 Å². The van der Waals surface area contributed by atoms with Gasteiger partial charge in [-0.25, -0.2) is 0 Å². The highest BCUT2D eigenvalue weighted by molar-refractivity contribution is 6.33. The van der Waals surface area contributed by atoms with Crippen LogP contribution >= 0.6 is 11.6 Å². The quantitative estimate of drug-likeness (QED) is 0.889. The zero-order valence-corrected chi connectivity index (χ0v) is 12.7. The van der Waals surface area contributed by atoms with Crippen LogP contribution in [0.2, 0.25) is 5.02 Å². The first kappa shape index (κ1) is 15.9. The smallest absolute Gasteiger partial charge is 0.248 e. The van der Waals surface area contributed by atoms with E-state index in [4.69, 9.17) is 22.1 Å². The Morgan fingerprint density at radius 1 is 1.23 bits per heavy atom. The molecule has 0 unspecified atom stereocenters. The van der Waals surface area contributed by atoms with Crippen LogP contribution in [0.4, 0.5) is 5.69 Å².